The molecule has 0 aromatic carbocycles. The van der Waals surface area contributed by atoms with Crippen LogP contribution in [0.25, 0.3) is 0 Å². The quantitative estimate of drug-likeness (QED) is 0.829. The summed E-state index contributed by atoms with van der Waals surface area (Å²) in [4.78, 5) is 8.36. The Hall–Kier alpha value is -0.250. The fourth-order valence-corrected chi connectivity index (χ4v) is 2.76. The molecule has 2 aliphatic rings. The van der Waals surface area contributed by atoms with Gasteiger partial charge in [0.15, 0.2) is 0 Å². The Morgan fingerprint density at radius 3 is 2.41 bits per heavy atom. The molecule has 2 N–H and O–H groups in total. The smallest absolute Gasteiger partial charge is 0.109 e. The molecule has 1 aliphatic carbocycles. The van der Waals surface area contributed by atoms with Crippen molar-refractivity contribution >= 4 is 24.8 Å². The van der Waals surface area contributed by atoms with E-state index in [0.717, 1.165) is 13.1 Å². The maximum absolute atomic E-state index is 4.79. The molecule has 98 valence electrons. The van der Waals surface area contributed by atoms with Crippen molar-refractivity contribution in [3.63, 3.8) is 0 Å². The molecule has 0 bridgehead atoms. The van der Waals surface area contributed by atoms with Crippen molar-refractivity contribution < 1.29 is 0 Å². The second kappa shape index (κ2) is 6.62. The molecule has 0 atom stereocenters. The van der Waals surface area contributed by atoms with E-state index in [4.69, 9.17) is 4.98 Å². The highest BCUT2D eigenvalue weighted by Crippen LogP contribution is 2.26. The van der Waals surface area contributed by atoms with Gasteiger partial charge < -0.3 is 10.3 Å². The first kappa shape index (κ1) is 14.8. The zero-order chi connectivity index (χ0) is 10.1. The van der Waals surface area contributed by atoms with Crippen LogP contribution in [0.3, 0.4) is 0 Å². The molecule has 0 unspecified atom stereocenters. The third-order valence-electron chi connectivity index (χ3n) is 3.70. The van der Waals surface area contributed by atoms with Crippen LogP contribution in [-0.4, -0.2) is 23.1 Å². The van der Waals surface area contributed by atoms with E-state index in [0.29, 0.717) is 5.92 Å². The Labute approximate surface area is 115 Å². The van der Waals surface area contributed by atoms with Crippen molar-refractivity contribution in [2.24, 2.45) is 0 Å². The lowest BCUT2D eigenvalue weighted by Crippen LogP contribution is -2.27. The summed E-state index contributed by atoms with van der Waals surface area (Å²) in [5.41, 5.74) is 2.78. The molecule has 0 saturated carbocycles. The van der Waals surface area contributed by atoms with Gasteiger partial charge in [0.1, 0.15) is 5.82 Å². The number of hydrogen-bond donors (Lipinski definition) is 2. The standard InChI is InChI=1S/C12H19N3.2ClH/c1-2-4-11-10(3-1)14-12(15-11)9-5-7-13-8-6-9;;/h9,13H,1-8H2,(H,14,15);2*1H. The van der Waals surface area contributed by atoms with E-state index >= 15 is 0 Å². The van der Waals surface area contributed by atoms with E-state index in [-0.39, 0.29) is 24.8 Å². The van der Waals surface area contributed by atoms with Gasteiger partial charge in [0, 0.05) is 11.6 Å². The number of fused-ring (bicyclic) bond motifs is 1. The lowest BCUT2D eigenvalue weighted by atomic mass is 9.98. The average Bonchev–Trinajstić information content (AvgIpc) is 2.74. The largest absolute Gasteiger partial charge is 0.345 e. The number of imidazole rings is 1. The summed E-state index contributed by atoms with van der Waals surface area (Å²) in [6.45, 7) is 2.30. The van der Waals surface area contributed by atoms with Crippen LogP contribution in [0.2, 0.25) is 0 Å². The molecule has 5 heteroatoms. The second-order valence-electron chi connectivity index (χ2n) is 4.78. The van der Waals surface area contributed by atoms with Crippen LogP contribution in [0.5, 0.6) is 0 Å². The van der Waals surface area contributed by atoms with E-state index < -0.39 is 0 Å². The van der Waals surface area contributed by atoms with Gasteiger partial charge in [0.25, 0.3) is 0 Å². The highest BCUT2D eigenvalue weighted by atomic mass is 35.5. The number of aryl methyl sites for hydroxylation is 2. The molecule has 1 aliphatic heterocycles. The number of aromatic nitrogens is 2. The number of H-pyrrole nitrogens is 1. The molecular formula is C12H21Cl2N3. The molecule has 17 heavy (non-hydrogen) atoms. The minimum atomic E-state index is 0. The summed E-state index contributed by atoms with van der Waals surface area (Å²) in [6.07, 6.45) is 7.55. The number of aromatic amines is 1. The Morgan fingerprint density at radius 1 is 1.00 bits per heavy atom. The van der Waals surface area contributed by atoms with Crippen molar-refractivity contribution in [1.82, 2.24) is 15.3 Å². The third-order valence-corrected chi connectivity index (χ3v) is 3.70. The monoisotopic (exact) mass is 277 g/mol. The zero-order valence-electron chi connectivity index (χ0n) is 10.00. The van der Waals surface area contributed by atoms with Gasteiger partial charge in [-0.2, -0.15) is 0 Å². The molecule has 0 spiro atoms. The minimum Gasteiger partial charge on any atom is -0.345 e. The Bertz CT molecular complexity index is 322. The molecule has 1 aromatic heterocycles. The predicted octanol–water partition coefficient (Wildman–Crippen LogP) is 2.60. The fraction of sp³-hybridized carbons (Fsp3) is 0.750. The number of rotatable bonds is 1. The number of nitrogens with one attached hydrogen (secondary N) is 2. The van der Waals surface area contributed by atoms with Gasteiger partial charge in [-0.3, -0.25) is 0 Å². The molecule has 2 heterocycles. The van der Waals surface area contributed by atoms with Gasteiger partial charge in [-0.15, -0.1) is 24.8 Å². The summed E-state index contributed by atoms with van der Waals surface area (Å²) >= 11 is 0. The third kappa shape index (κ3) is 3.15. The Kier molecular flexibility index (Phi) is 5.77. The number of nitrogens with zero attached hydrogens (tertiary/aromatic N) is 1. The first-order valence-corrected chi connectivity index (χ1v) is 6.22. The predicted molar refractivity (Wildman–Crippen MR) is 74.6 cm³/mol. The van der Waals surface area contributed by atoms with Gasteiger partial charge >= 0.3 is 0 Å². The first-order chi connectivity index (χ1) is 7.43. The van der Waals surface area contributed by atoms with Crippen LogP contribution >= 0.6 is 24.8 Å². The highest BCUT2D eigenvalue weighted by Gasteiger charge is 2.21. The van der Waals surface area contributed by atoms with Crippen LogP contribution in [-0.2, 0) is 12.8 Å². The van der Waals surface area contributed by atoms with Crippen LogP contribution in [0.15, 0.2) is 0 Å². The van der Waals surface area contributed by atoms with E-state index in [1.807, 2.05) is 0 Å². The van der Waals surface area contributed by atoms with Gasteiger partial charge in [-0.1, -0.05) is 0 Å². The lowest BCUT2D eigenvalue weighted by Gasteiger charge is -2.20. The van der Waals surface area contributed by atoms with E-state index in [1.54, 1.807) is 0 Å². The van der Waals surface area contributed by atoms with Crippen LogP contribution < -0.4 is 5.32 Å². The Morgan fingerprint density at radius 2 is 1.71 bits per heavy atom. The van der Waals surface area contributed by atoms with E-state index in [2.05, 4.69) is 10.3 Å². The van der Waals surface area contributed by atoms with Crippen molar-refractivity contribution in [2.45, 2.75) is 44.4 Å². The van der Waals surface area contributed by atoms with E-state index in [1.165, 1.54) is 55.7 Å². The van der Waals surface area contributed by atoms with Crippen LogP contribution in [0, 0.1) is 0 Å². The summed E-state index contributed by atoms with van der Waals surface area (Å²) in [6, 6.07) is 0. The van der Waals surface area contributed by atoms with Gasteiger partial charge in [-0.05, 0) is 51.6 Å². The Balaban J connectivity index is 0.000000722. The van der Waals surface area contributed by atoms with Crippen LogP contribution in [0.4, 0.5) is 0 Å². The van der Waals surface area contributed by atoms with E-state index in [9.17, 15) is 0 Å². The summed E-state index contributed by atoms with van der Waals surface area (Å²) < 4.78 is 0. The first-order valence-electron chi connectivity index (χ1n) is 6.22. The van der Waals surface area contributed by atoms with Gasteiger partial charge in [-0.25, -0.2) is 4.98 Å². The molecule has 3 nitrogen and oxygen atoms in total. The van der Waals surface area contributed by atoms with Crippen molar-refractivity contribution in [2.75, 3.05) is 13.1 Å². The molecule has 1 fully saturated rings. The van der Waals surface area contributed by atoms with Gasteiger partial charge in [0.05, 0.1) is 5.69 Å². The van der Waals surface area contributed by atoms with Crippen molar-refractivity contribution in [3.8, 4) is 0 Å². The molecular weight excluding hydrogens is 257 g/mol. The van der Waals surface area contributed by atoms with Gasteiger partial charge in [0.2, 0.25) is 0 Å². The summed E-state index contributed by atoms with van der Waals surface area (Å²) in [5, 5.41) is 3.40. The number of piperidine rings is 1. The lowest BCUT2D eigenvalue weighted by molar-refractivity contribution is 0.446. The van der Waals surface area contributed by atoms with Crippen molar-refractivity contribution in [1.29, 1.82) is 0 Å². The second-order valence-corrected chi connectivity index (χ2v) is 4.78. The minimum absolute atomic E-state index is 0. The molecule has 1 aromatic rings. The molecule has 1 saturated heterocycles. The molecule has 3 rings (SSSR count). The molecule has 0 radical (unpaired) electrons. The maximum atomic E-state index is 4.79. The average molecular weight is 278 g/mol. The normalized spacial score (nSPS) is 20.0. The SMILES string of the molecule is C1CCc2[nH]c(C3CCNCC3)nc2C1.Cl.Cl. The van der Waals surface area contributed by atoms with Crippen molar-refractivity contribution in [3.05, 3.63) is 17.2 Å². The zero-order valence-corrected chi connectivity index (χ0v) is 11.6. The maximum Gasteiger partial charge on any atom is 0.109 e. The highest BCUT2D eigenvalue weighted by molar-refractivity contribution is 5.85. The van der Waals surface area contributed by atoms with Crippen LogP contribution in [0.1, 0.15) is 48.8 Å². The number of halogens is 2. The topological polar surface area (TPSA) is 40.7 Å². The number of hydrogen-bond acceptors (Lipinski definition) is 2. The molecule has 0 amide bonds. The summed E-state index contributed by atoms with van der Waals surface area (Å²) in [5.74, 6) is 1.94. The summed E-state index contributed by atoms with van der Waals surface area (Å²) in [7, 11) is 0. The fourth-order valence-electron chi connectivity index (χ4n) is 2.76.